The van der Waals surface area contributed by atoms with Crippen LogP contribution in [-0.4, -0.2) is 29.5 Å². The molecule has 1 aromatic rings. The molecule has 0 bridgehead atoms. The smallest absolute Gasteiger partial charge is 0.0766 e. The molecule has 5 heteroatoms. The number of ether oxygens (including phenoxy) is 1. The molecular weight excluding hydrogens is 306 g/mol. The molecule has 0 amide bonds. The van der Waals surface area contributed by atoms with Crippen LogP contribution in [0.3, 0.4) is 0 Å². The van der Waals surface area contributed by atoms with Crippen LogP contribution >= 0.6 is 15.9 Å². The molecule has 0 saturated carbocycles. The number of nitrogens with zero attached hydrogens (tertiary/aromatic N) is 2. The topological polar surface area (TPSA) is 53.1 Å². The molecule has 0 aliphatic rings. The van der Waals surface area contributed by atoms with E-state index in [2.05, 4.69) is 46.5 Å². The fourth-order valence-corrected chi connectivity index (χ4v) is 3.14. The van der Waals surface area contributed by atoms with E-state index in [-0.39, 0.29) is 6.04 Å². The first-order valence-electron chi connectivity index (χ1n) is 7.01. The summed E-state index contributed by atoms with van der Waals surface area (Å²) in [5, 5.41) is 4.60. The summed E-state index contributed by atoms with van der Waals surface area (Å²) in [4.78, 5) is 0. The first kappa shape index (κ1) is 16.7. The summed E-state index contributed by atoms with van der Waals surface area (Å²) in [5.74, 6) is 0.488. The average Bonchev–Trinajstić information content (AvgIpc) is 2.66. The molecule has 2 N–H and O–H groups in total. The summed E-state index contributed by atoms with van der Waals surface area (Å²) >= 11 is 3.66. The van der Waals surface area contributed by atoms with Crippen molar-refractivity contribution >= 4 is 15.9 Å². The standard InChI is InChI=1S/C14H26BrN3O/c1-5-12-14(15)13(18(6-2)17-12)8-11(16)7-10(3)9-19-4/h10-11H,5-9,16H2,1-4H3. The number of rotatable bonds is 8. The summed E-state index contributed by atoms with van der Waals surface area (Å²) in [7, 11) is 1.73. The summed E-state index contributed by atoms with van der Waals surface area (Å²) in [6, 6.07) is 0.146. The first-order chi connectivity index (χ1) is 9.03. The number of nitrogens with two attached hydrogens (primary N) is 1. The lowest BCUT2D eigenvalue weighted by Crippen LogP contribution is -2.28. The maximum Gasteiger partial charge on any atom is 0.0766 e. The fourth-order valence-electron chi connectivity index (χ4n) is 2.41. The van der Waals surface area contributed by atoms with Crippen LogP contribution in [0.2, 0.25) is 0 Å². The maximum atomic E-state index is 6.26. The minimum atomic E-state index is 0.146. The molecule has 1 rings (SSSR count). The molecule has 0 spiro atoms. The highest BCUT2D eigenvalue weighted by molar-refractivity contribution is 9.10. The van der Waals surface area contributed by atoms with Gasteiger partial charge in [0.2, 0.25) is 0 Å². The summed E-state index contributed by atoms with van der Waals surface area (Å²) in [6.07, 6.45) is 2.77. The van der Waals surface area contributed by atoms with E-state index in [1.54, 1.807) is 7.11 Å². The van der Waals surface area contributed by atoms with Crippen LogP contribution in [0.15, 0.2) is 4.47 Å². The molecule has 4 nitrogen and oxygen atoms in total. The van der Waals surface area contributed by atoms with Gasteiger partial charge in [-0.3, -0.25) is 4.68 Å². The molecule has 0 saturated heterocycles. The zero-order valence-corrected chi connectivity index (χ0v) is 14.0. The first-order valence-corrected chi connectivity index (χ1v) is 7.81. The number of hydrogen-bond acceptors (Lipinski definition) is 3. The number of halogens is 1. The molecule has 1 heterocycles. The fraction of sp³-hybridized carbons (Fsp3) is 0.786. The Balaban J connectivity index is 2.72. The quantitative estimate of drug-likeness (QED) is 0.796. The Hall–Kier alpha value is -0.390. The van der Waals surface area contributed by atoms with E-state index in [0.717, 1.165) is 42.6 Å². The molecule has 0 fully saturated rings. The van der Waals surface area contributed by atoms with Crippen LogP contribution in [-0.2, 0) is 24.1 Å². The monoisotopic (exact) mass is 331 g/mol. The predicted octanol–water partition coefficient (Wildman–Crippen LogP) is 2.77. The van der Waals surface area contributed by atoms with Gasteiger partial charge in [-0.1, -0.05) is 13.8 Å². The predicted molar refractivity (Wildman–Crippen MR) is 82.3 cm³/mol. The van der Waals surface area contributed by atoms with Gasteiger partial charge in [-0.05, 0) is 41.6 Å². The largest absolute Gasteiger partial charge is 0.384 e. The highest BCUT2D eigenvalue weighted by atomic mass is 79.9. The van der Waals surface area contributed by atoms with Crippen molar-refractivity contribution < 1.29 is 4.74 Å². The second-order valence-corrected chi connectivity index (χ2v) is 5.93. The minimum Gasteiger partial charge on any atom is -0.384 e. The Morgan fingerprint density at radius 2 is 2.11 bits per heavy atom. The normalized spacial score (nSPS) is 14.6. The van der Waals surface area contributed by atoms with Crippen LogP contribution in [0.1, 0.15) is 38.6 Å². The Bertz CT molecular complexity index is 392. The van der Waals surface area contributed by atoms with Gasteiger partial charge in [0.05, 0.1) is 15.9 Å². The van der Waals surface area contributed by atoms with Crippen molar-refractivity contribution in [1.29, 1.82) is 0 Å². The second-order valence-electron chi connectivity index (χ2n) is 5.14. The van der Waals surface area contributed by atoms with E-state index < -0.39 is 0 Å². The van der Waals surface area contributed by atoms with Gasteiger partial charge in [-0.15, -0.1) is 0 Å². The van der Waals surface area contributed by atoms with Crippen LogP contribution in [0, 0.1) is 5.92 Å². The van der Waals surface area contributed by atoms with Crippen molar-refractivity contribution in [2.24, 2.45) is 11.7 Å². The lowest BCUT2D eigenvalue weighted by Gasteiger charge is -2.17. The van der Waals surface area contributed by atoms with Gasteiger partial charge in [0, 0.05) is 32.7 Å². The molecule has 2 unspecified atom stereocenters. The van der Waals surface area contributed by atoms with E-state index in [9.17, 15) is 0 Å². The zero-order valence-electron chi connectivity index (χ0n) is 12.4. The van der Waals surface area contributed by atoms with Crippen molar-refractivity contribution in [3.8, 4) is 0 Å². The summed E-state index contributed by atoms with van der Waals surface area (Å²) in [6.45, 7) is 8.06. The lowest BCUT2D eigenvalue weighted by atomic mass is 9.99. The van der Waals surface area contributed by atoms with Crippen molar-refractivity contribution in [3.05, 3.63) is 15.9 Å². The Morgan fingerprint density at radius 1 is 1.42 bits per heavy atom. The number of methoxy groups -OCH3 is 1. The zero-order chi connectivity index (χ0) is 14.4. The highest BCUT2D eigenvalue weighted by Crippen LogP contribution is 2.24. The summed E-state index contributed by atoms with van der Waals surface area (Å²) in [5.41, 5.74) is 8.60. The van der Waals surface area contributed by atoms with Gasteiger partial charge < -0.3 is 10.5 Å². The third kappa shape index (κ3) is 4.58. The minimum absolute atomic E-state index is 0.146. The van der Waals surface area contributed by atoms with Crippen molar-refractivity contribution in [2.75, 3.05) is 13.7 Å². The molecular formula is C14H26BrN3O. The van der Waals surface area contributed by atoms with Gasteiger partial charge in [0.15, 0.2) is 0 Å². The third-order valence-corrected chi connectivity index (χ3v) is 4.22. The second kappa shape index (κ2) is 8.02. The number of aromatic nitrogens is 2. The molecule has 0 aliphatic carbocycles. The van der Waals surface area contributed by atoms with Crippen LogP contribution < -0.4 is 5.73 Å². The maximum absolute atomic E-state index is 6.26. The SMILES string of the molecule is CCc1nn(CC)c(CC(N)CC(C)COC)c1Br. The molecule has 2 atom stereocenters. The van der Waals surface area contributed by atoms with Gasteiger partial charge in [0.25, 0.3) is 0 Å². The van der Waals surface area contributed by atoms with Crippen molar-refractivity contribution in [3.63, 3.8) is 0 Å². The van der Waals surface area contributed by atoms with Gasteiger partial charge >= 0.3 is 0 Å². The molecule has 110 valence electrons. The van der Waals surface area contributed by atoms with Crippen molar-refractivity contribution in [1.82, 2.24) is 9.78 Å². The summed E-state index contributed by atoms with van der Waals surface area (Å²) < 4.78 is 8.35. The number of hydrogen-bond donors (Lipinski definition) is 1. The molecule has 1 aromatic heterocycles. The van der Waals surface area contributed by atoms with E-state index in [1.165, 1.54) is 5.69 Å². The van der Waals surface area contributed by atoms with Gasteiger partial charge in [0.1, 0.15) is 0 Å². The van der Waals surface area contributed by atoms with Crippen molar-refractivity contribution in [2.45, 2.75) is 52.6 Å². The van der Waals surface area contributed by atoms with Crippen LogP contribution in [0.5, 0.6) is 0 Å². The van der Waals surface area contributed by atoms with E-state index in [0.29, 0.717) is 5.92 Å². The van der Waals surface area contributed by atoms with E-state index in [1.807, 2.05) is 0 Å². The Kier molecular flexibility index (Phi) is 7.04. The van der Waals surface area contributed by atoms with Crippen LogP contribution in [0.4, 0.5) is 0 Å². The lowest BCUT2D eigenvalue weighted by molar-refractivity contribution is 0.152. The molecule has 0 aromatic carbocycles. The van der Waals surface area contributed by atoms with E-state index >= 15 is 0 Å². The highest BCUT2D eigenvalue weighted by Gasteiger charge is 2.18. The van der Waals surface area contributed by atoms with Gasteiger partial charge in [-0.2, -0.15) is 5.10 Å². The van der Waals surface area contributed by atoms with Gasteiger partial charge in [-0.25, -0.2) is 0 Å². The molecule has 0 aliphatic heterocycles. The Labute approximate surface area is 124 Å². The van der Waals surface area contributed by atoms with E-state index in [4.69, 9.17) is 10.5 Å². The molecule has 19 heavy (non-hydrogen) atoms. The average molecular weight is 332 g/mol. The molecule has 0 radical (unpaired) electrons. The Morgan fingerprint density at radius 3 is 2.63 bits per heavy atom. The number of aryl methyl sites for hydroxylation is 2. The van der Waals surface area contributed by atoms with Crippen LogP contribution in [0.25, 0.3) is 0 Å². The third-order valence-electron chi connectivity index (χ3n) is 3.31.